The van der Waals surface area contributed by atoms with Gasteiger partial charge in [-0.05, 0) is 18.4 Å². The molecule has 0 aromatic heterocycles. The summed E-state index contributed by atoms with van der Waals surface area (Å²) < 4.78 is 10.3. The van der Waals surface area contributed by atoms with Crippen LogP contribution < -0.4 is 0 Å². The van der Waals surface area contributed by atoms with Gasteiger partial charge in [-0.3, -0.25) is 4.79 Å². The van der Waals surface area contributed by atoms with Crippen molar-refractivity contribution in [1.82, 2.24) is 0 Å². The Morgan fingerprint density at radius 3 is 2.56 bits per heavy atom. The van der Waals surface area contributed by atoms with E-state index < -0.39 is 0 Å². The van der Waals surface area contributed by atoms with Gasteiger partial charge in [0.25, 0.3) is 0 Å². The summed E-state index contributed by atoms with van der Waals surface area (Å²) in [5.74, 6) is -0.138. The van der Waals surface area contributed by atoms with Crippen LogP contribution in [0.15, 0.2) is 30.3 Å². The van der Waals surface area contributed by atoms with Gasteiger partial charge in [0.15, 0.2) is 0 Å². The number of carbonyl (C=O) groups excluding carboxylic acids is 1. The van der Waals surface area contributed by atoms with Gasteiger partial charge in [0.1, 0.15) is 0 Å². The molecule has 1 aliphatic rings. The summed E-state index contributed by atoms with van der Waals surface area (Å²) in [6, 6.07) is 9.95. The molecule has 3 nitrogen and oxygen atoms in total. The zero-order chi connectivity index (χ0) is 11.4. The van der Waals surface area contributed by atoms with Crippen molar-refractivity contribution in [3.05, 3.63) is 35.9 Å². The van der Waals surface area contributed by atoms with Crippen LogP contribution in [-0.2, 0) is 20.9 Å². The van der Waals surface area contributed by atoms with Crippen molar-refractivity contribution in [1.29, 1.82) is 0 Å². The summed E-state index contributed by atoms with van der Waals surface area (Å²) in [6.45, 7) is 1.02. The second-order valence-electron chi connectivity index (χ2n) is 4.25. The summed E-state index contributed by atoms with van der Waals surface area (Å²) in [5.41, 5.74) is 0.784. The lowest BCUT2D eigenvalue weighted by molar-refractivity contribution is -0.149. The van der Waals surface area contributed by atoms with Gasteiger partial charge in [0.05, 0.1) is 25.7 Å². The highest BCUT2D eigenvalue weighted by Gasteiger charge is 2.51. The van der Waals surface area contributed by atoms with E-state index in [9.17, 15) is 4.79 Å². The van der Waals surface area contributed by atoms with Crippen LogP contribution in [0, 0.1) is 5.41 Å². The third kappa shape index (κ3) is 2.42. The zero-order valence-corrected chi connectivity index (χ0v) is 9.44. The summed E-state index contributed by atoms with van der Waals surface area (Å²) in [6.07, 6.45) is 1.77. The Morgan fingerprint density at radius 2 is 2.00 bits per heavy atom. The summed E-state index contributed by atoms with van der Waals surface area (Å²) in [5, 5.41) is 0. The second kappa shape index (κ2) is 4.66. The largest absolute Gasteiger partial charge is 0.469 e. The molecule has 0 amide bonds. The molecule has 0 bridgehead atoms. The van der Waals surface area contributed by atoms with Crippen LogP contribution in [0.3, 0.4) is 0 Å². The van der Waals surface area contributed by atoms with Crippen LogP contribution in [0.1, 0.15) is 18.4 Å². The predicted octanol–water partition coefficient (Wildman–Crippen LogP) is 2.16. The number of methoxy groups -OCH3 is 1. The van der Waals surface area contributed by atoms with Gasteiger partial charge in [-0.15, -0.1) is 0 Å². The van der Waals surface area contributed by atoms with Gasteiger partial charge in [0.2, 0.25) is 0 Å². The van der Waals surface area contributed by atoms with Crippen LogP contribution in [0.5, 0.6) is 0 Å². The normalized spacial score (nSPS) is 16.8. The fourth-order valence-electron chi connectivity index (χ4n) is 1.71. The third-order valence-corrected chi connectivity index (χ3v) is 2.96. The second-order valence-corrected chi connectivity index (χ2v) is 4.25. The van der Waals surface area contributed by atoms with Gasteiger partial charge in [-0.1, -0.05) is 30.3 Å². The number of hydrogen-bond donors (Lipinski definition) is 0. The van der Waals surface area contributed by atoms with E-state index in [0.29, 0.717) is 13.2 Å². The van der Waals surface area contributed by atoms with E-state index in [1.165, 1.54) is 7.11 Å². The Hall–Kier alpha value is -1.35. The van der Waals surface area contributed by atoms with Crippen LogP contribution in [0.2, 0.25) is 0 Å². The average Bonchev–Trinajstić information content (AvgIpc) is 3.11. The van der Waals surface area contributed by atoms with Gasteiger partial charge < -0.3 is 9.47 Å². The highest BCUT2D eigenvalue weighted by molar-refractivity contribution is 5.79. The lowest BCUT2D eigenvalue weighted by atomic mass is 10.1. The number of rotatable bonds is 5. The monoisotopic (exact) mass is 220 g/mol. The fourth-order valence-corrected chi connectivity index (χ4v) is 1.71. The Balaban J connectivity index is 1.79. The molecule has 86 valence electrons. The molecule has 16 heavy (non-hydrogen) atoms. The first-order chi connectivity index (χ1) is 7.77. The van der Waals surface area contributed by atoms with E-state index in [2.05, 4.69) is 0 Å². The molecule has 0 spiro atoms. The number of esters is 1. The maximum Gasteiger partial charge on any atom is 0.314 e. The molecule has 0 heterocycles. The summed E-state index contributed by atoms with van der Waals surface area (Å²) >= 11 is 0. The highest BCUT2D eigenvalue weighted by atomic mass is 16.5. The lowest BCUT2D eigenvalue weighted by Gasteiger charge is -2.12. The maximum absolute atomic E-state index is 11.4. The number of ether oxygens (including phenoxy) is 2. The minimum absolute atomic E-state index is 0.138. The average molecular weight is 220 g/mol. The molecule has 1 saturated carbocycles. The van der Waals surface area contributed by atoms with E-state index in [4.69, 9.17) is 9.47 Å². The third-order valence-electron chi connectivity index (χ3n) is 2.96. The zero-order valence-electron chi connectivity index (χ0n) is 9.44. The molecule has 0 N–H and O–H groups in total. The standard InChI is InChI=1S/C13H16O3/c1-15-12(14)13(7-8-13)10-16-9-11-5-3-2-4-6-11/h2-6H,7-10H2,1H3. The molecule has 3 heteroatoms. The molecule has 0 saturated heterocycles. The first-order valence-electron chi connectivity index (χ1n) is 5.47. The van der Waals surface area contributed by atoms with Crippen molar-refractivity contribution in [2.75, 3.05) is 13.7 Å². The topological polar surface area (TPSA) is 35.5 Å². The Kier molecular flexibility index (Phi) is 3.25. The molecule has 0 atom stereocenters. The van der Waals surface area contributed by atoms with Crippen molar-refractivity contribution in [3.8, 4) is 0 Å². The van der Waals surface area contributed by atoms with Crippen molar-refractivity contribution in [2.24, 2.45) is 5.41 Å². The van der Waals surface area contributed by atoms with Crippen molar-refractivity contribution >= 4 is 5.97 Å². The molecular weight excluding hydrogens is 204 g/mol. The predicted molar refractivity (Wildman–Crippen MR) is 59.8 cm³/mol. The quantitative estimate of drug-likeness (QED) is 0.713. The molecule has 1 aromatic carbocycles. The highest BCUT2D eigenvalue weighted by Crippen LogP contribution is 2.46. The Morgan fingerprint density at radius 1 is 1.31 bits per heavy atom. The molecule has 1 aromatic rings. The first kappa shape index (κ1) is 11.1. The fraction of sp³-hybridized carbons (Fsp3) is 0.462. The molecule has 0 unspecified atom stereocenters. The van der Waals surface area contributed by atoms with E-state index in [-0.39, 0.29) is 11.4 Å². The number of carbonyl (C=O) groups is 1. The summed E-state index contributed by atoms with van der Waals surface area (Å²) in [7, 11) is 1.43. The van der Waals surface area contributed by atoms with Crippen LogP contribution in [0.25, 0.3) is 0 Å². The number of hydrogen-bond acceptors (Lipinski definition) is 3. The molecule has 1 aliphatic carbocycles. The van der Waals surface area contributed by atoms with E-state index >= 15 is 0 Å². The molecule has 0 aliphatic heterocycles. The van der Waals surface area contributed by atoms with Gasteiger partial charge >= 0.3 is 5.97 Å². The van der Waals surface area contributed by atoms with E-state index in [0.717, 1.165) is 18.4 Å². The first-order valence-corrected chi connectivity index (χ1v) is 5.47. The Labute approximate surface area is 95.4 Å². The van der Waals surface area contributed by atoms with E-state index in [1.807, 2.05) is 30.3 Å². The van der Waals surface area contributed by atoms with Crippen molar-refractivity contribution < 1.29 is 14.3 Å². The maximum atomic E-state index is 11.4. The molecular formula is C13H16O3. The van der Waals surface area contributed by atoms with Crippen LogP contribution >= 0.6 is 0 Å². The molecule has 0 radical (unpaired) electrons. The minimum atomic E-state index is -0.344. The van der Waals surface area contributed by atoms with Crippen molar-refractivity contribution in [3.63, 3.8) is 0 Å². The summed E-state index contributed by atoms with van der Waals surface area (Å²) in [4.78, 5) is 11.4. The van der Waals surface area contributed by atoms with Crippen molar-refractivity contribution in [2.45, 2.75) is 19.4 Å². The molecule has 1 fully saturated rings. The van der Waals surface area contributed by atoms with Gasteiger partial charge in [-0.25, -0.2) is 0 Å². The SMILES string of the molecule is COC(=O)C1(COCc2ccccc2)CC1. The van der Waals surface area contributed by atoms with Crippen LogP contribution in [0.4, 0.5) is 0 Å². The van der Waals surface area contributed by atoms with Gasteiger partial charge in [-0.2, -0.15) is 0 Å². The minimum Gasteiger partial charge on any atom is -0.469 e. The van der Waals surface area contributed by atoms with Gasteiger partial charge in [0, 0.05) is 0 Å². The smallest absolute Gasteiger partial charge is 0.314 e. The van der Waals surface area contributed by atoms with E-state index in [1.54, 1.807) is 0 Å². The molecule has 2 rings (SSSR count). The number of benzene rings is 1. The van der Waals surface area contributed by atoms with Crippen LogP contribution in [-0.4, -0.2) is 19.7 Å². The lowest BCUT2D eigenvalue weighted by Crippen LogP contribution is -2.23. The Bertz CT molecular complexity index is 355.